The molecule has 0 saturated heterocycles. The van der Waals surface area contributed by atoms with Crippen LogP contribution in [0, 0.1) is 0 Å². The van der Waals surface area contributed by atoms with Gasteiger partial charge in [0.15, 0.2) is 0 Å². The average molecular weight is 341 g/mol. The number of benzene rings is 1. The van der Waals surface area contributed by atoms with Gasteiger partial charge in [0.05, 0.1) is 6.54 Å². The van der Waals surface area contributed by atoms with Crippen molar-refractivity contribution in [3.8, 4) is 0 Å². The zero-order valence-electron chi connectivity index (χ0n) is 15.8. The summed E-state index contributed by atoms with van der Waals surface area (Å²) in [6.07, 6.45) is 8.29. The predicted octanol–water partition coefficient (Wildman–Crippen LogP) is 5.25. The van der Waals surface area contributed by atoms with E-state index in [9.17, 15) is 4.79 Å². The van der Waals surface area contributed by atoms with E-state index in [-0.39, 0.29) is 0 Å². The maximum Gasteiger partial charge on any atom is 0.222 e. The minimum absolute atomic E-state index is 0.297. The van der Waals surface area contributed by atoms with Crippen LogP contribution in [0.4, 0.5) is 0 Å². The topological polar surface area (TPSA) is 25.2 Å². The second-order valence-corrected chi connectivity index (χ2v) is 6.74. The summed E-state index contributed by atoms with van der Waals surface area (Å²) < 4.78 is 2.26. The highest BCUT2D eigenvalue weighted by atomic mass is 16.2. The van der Waals surface area contributed by atoms with Crippen molar-refractivity contribution in [2.24, 2.45) is 0 Å². The van der Waals surface area contributed by atoms with Crippen LogP contribution in [-0.2, 0) is 17.9 Å². The standard InChI is InChI=1S/C22H32N2O/c1-3-5-10-16-24(22(25)15-6-4-2)19-21-14-11-17-23(21)18-20-12-8-7-9-13-20/h7-9,11-14,17H,3-6,10,15-16,18-19H2,1-2H3. The Hall–Kier alpha value is -2.03. The molecule has 2 aromatic rings. The maximum atomic E-state index is 12.6. The first-order valence-corrected chi connectivity index (χ1v) is 9.70. The minimum Gasteiger partial charge on any atom is -0.345 e. The maximum absolute atomic E-state index is 12.6. The Morgan fingerprint density at radius 3 is 2.44 bits per heavy atom. The third-order valence-corrected chi connectivity index (χ3v) is 4.60. The second kappa shape index (κ2) is 10.8. The Labute approximate surface area is 152 Å². The zero-order valence-corrected chi connectivity index (χ0v) is 15.8. The van der Waals surface area contributed by atoms with Gasteiger partial charge in [-0.15, -0.1) is 0 Å². The van der Waals surface area contributed by atoms with Crippen LogP contribution in [0.1, 0.15) is 63.6 Å². The van der Waals surface area contributed by atoms with E-state index in [4.69, 9.17) is 0 Å². The van der Waals surface area contributed by atoms with Crippen molar-refractivity contribution < 1.29 is 4.79 Å². The molecule has 1 heterocycles. The summed E-state index contributed by atoms with van der Waals surface area (Å²) in [5.41, 5.74) is 2.50. The molecule has 3 heteroatoms. The summed E-state index contributed by atoms with van der Waals surface area (Å²) in [7, 11) is 0. The molecule has 25 heavy (non-hydrogen) atoms. The van der Waals surface area contributed by atoms with Crippen molar-refractivity contribution in [2.45, 2.75) is 65.5 Å². The third kappa shape index (κ3) is 6.41. The fourth-order valence-corrected chi connectivity index (χ4v) is 3.05. The van der Waals surface area contributed by atoms with Gasteiger partial charge >= 0.3 is 0 Å². The smallest absolute Gasteiger partial charge is 0.222 e. The van der Waals surface area contributed by atoms with Crippen molar-refractivity contribution in [3.63, 3.8) is 0 Å². The van der Waals surface area contributed by atoms with Crippen LogP contribution >= 0.6 is 0 Å². The first-order valence-electron chi connectivity index (χ1n) is 9.70. The minimum atomic E-state index is 0.297. The van der Waals surface area contributed by atoms with Crippen LogP contribution in [0.25, 0.3) is 0 Å². The molecular formula is C22H32N2O. The van der Waals surface area contributed by atoms with Gasteiger partial charge in [0, 0.05) is 31.4 Å². The lowest BCUT2D eigenvalue weighted by Crippen LogP contribution is -2.32. The van der Waals surface area contributed by atoms with Crippen molar-refractivity contribution in [1.29, 1.82) is 0 Å². The molecule has 0 aliphatic carbocycles. The van der Waals surface area contributed by atoms with E-state index in [0.29, 0.717) is 18.9 Å². The number of nitrogens with zero attached hydrogens (tertiary/aromatic N) is 2. The molecule has 0 atom stereocenters. The van der Waals surface area contributed by atoms with Gasteiger partial charge in [-0.3, -0.25) is 4.79 Å². The molecule has 0 spiro atoms. The summed E-state index contributed by atoms with van der Waals surface area (Å²) in [5, 5.41) is 0. The zero-order chi connectivity index (χ0) is 17.9. The number of unbranched alkanes of at least 4 members (excludes halogenated alkanes) is 3. The van der Waals surface area contributed by atoms with Crippen LogP contribution in [0.2, 0.25) is 0 Å². The van der Waals surface area contributed by atoms with E-state index in [1.54, 1.807) is 0 Å². The quantitative estimate of drug-likeness (QED) is 0.513. The van der Waals surface area contributed by atoms with Crippen molar-refractivity contribution >= 4 is 5.91 Å². The number of hydrogen-bond donors (Lipinski definition) is 0. The van der Waals surface area contributed by atoms with E-state index in [1.807, 2.05) is 6.07 Å². The molecule has 2 rings (SSSR count). The molecule has 1 amide bonds. The average Bonchev–Trinajstić information content (AvgIpc) is 3.06. The van der Waals surface area contributed by atoms with Gasteiger partial charge in [-0.1, -0.05) is 63.4 Å². The van der Waals surface area contributed by atoms with E-state index < -0.39 is 0 Å². The van der Waals surface area contributed by atoms with Crippen LogP contribution in [0.15, 0.2) is 48.7 Å². The van der Waals surface area contributed by atoms with Gasteiger partial charge in [-0.25, -0.2) is 0 Å². The van der Waals surface area contributed by atoms with Gasteiger partial charge in [0.1, 0.15) is 0 Å². The first-order chi connectivity index (χ1) is 12.2. The number of carbonyl (C=O) groups excluding carboxylic acids is 1. The third-order valence-electron chi connectivity index (χ3n) is 4.60. The molecule has 1 aromatic heterocycles. The van der Waals surface area contributed by atoms with Crippen LogP contribution in [0.5, 0.6) is 0 Å². The molecule has 0 aliphatic heterocycles. The van der Waals surface area contributed by atoms with Crippen molar-refractivity contribution in [3.05, 3.63) is 59.9 Å². The Morgan fingerprint density at radius 1 is 0.960 bits per heavy atom. The largest absolute Gasteiger partial charge is 0.345 e. The lowest BCUT2D eigenvalue weighted by molar-refractivity contribution is -0.132. The van der Waals surface area contributed by atoms with E-state index in [0.717, 1.165) is 32.4 Å². The van der Waals surface area contributed by atoms with Gasteiger partial charge in [0.25, 0.3) is 0 Å². The van der Waals surface area contributed by atoms with E-state index in [1.165, 1.54) is 24.1 Å². The molecule has 0 unspecified atom stereocenters. The van der Waals surface area contributed by atoms with Crippen molar-refractivity contribution in [2.75, 3.05) is 6.54 Å². The van der Waals surface area contributed by atoms with E-state index >= 15 is 0 Å². The normalized spacial score (nSPS) is 10.8. The van der Waals surface area contributed by atoms with Gasteiger partial charge < -0.3 is 9.47 Å². The fourth-order valence-electron chi connectivity index (χ4n) is 3.05. The summed E-state index contributed by atoms with van der Waals surface area (Å²) >= 11 is 0. The second-order valence-electron chi connectivity index (χ2n) is 6.74. The first kappa shape index (κ1) is 19.3. The molecule has 0 radical (unpaired) electrons. The summed E-state index contributed by atoms with van der Waals surface area (Å²) in [5.74, 6) is 0.297. The molecule has 136 valence electrons. The highest BCUT2D eigenvalue weighted by Crippen LogP contribution is 2.13. The van der Waals surface area contributed by atoms with Crippen LogP contribution in [0.3, 0.4) is 0 Å². The summed E-state index contributed by atoms with van der Waals surface area (Å²) in [6.45, 7) is 6.78. The predicted molar refractivity (Wildman–Crippen MR) is 104 cm³/mol. The van der Waals surface area contributed by atoms with E-state index in [2.05, 4.69) is 65.9 Å². The van der Waals surface area contributed by atoms with Crippen LogP contribution < -0.4 is 0 Å². The van der Waals surface area contributed by atoms with Crippen molar-refractivity contribution in [1.82, 2.24) is 9.47 Å². The number of aromatic nitrogens is 1. The highest BCUT2D eigenvalue weighted by Gasteiger charge is 2.15. The molecule has 1 aromatic carbocycles. The Bertz CT molecular complexity index is 618. The molecule has 0 bridgehead atoms. The molecule has 0 N–H and O–H groups in total. The number of rotatable bonds is 11. The fraction of sp³-hybridized carbons (Fsp3) is 0.500. The number of hydrogen-bond acceptors (Lipinski definition) is 1. The van der Waals surface area contributed by atoms with Gasteiger partial charge in [-0.05, 0) is 30.5 Å². The molecule has 0 saturated carbocycles. The lowest BCUT2D eigenvalue weighted by atomic mass is 10.2. The molecule has 0 fully saturated rings. The van der Waals surface area contributed by atoms with Crippen LogP contribution in [-0.4, -0.2) is 21.9 Å². The number of carbonyl (C=O) groups is 1. The molecule has 0 aliphatic rings. The van der Waals surface area contributed by atoms with Gasteiger partial charge in [0.2, 0.25) is 5.91 Å². The highest BCUT2D eigenvalue weighted by molar-refractivity contribution is 5.76. The number of amides is 1. The summed E-state index contributed by atoms with van der Waals surface area (Å²) in [6, 6.07) is 14.7. The Morgan fingerprint density at radius 2 is 1.72 bits per heavy atom. The van der Waals surface area contributed by atoms with Gasteiger partial charge in [-0.2, -0.15) is 0 Å². The Kier molecular flexibility index (Phi) is 8.30. The molecule has 3 nitrogen and oxygen atoms in total. The SMILES string of the molecule is CCCCCN(Cc1cccn1Cc1ccccc1)C(=O)CCCC. The Balaban J connectivity index is 2.04. The lowest BCUT2D eigenvalue weighted by Gasteiger charge is -2.24. The summed E-state index contributed by atoms with van der Waals surface area (Å²) in [4.78, 5) is 14.7. The monoisotopic (exact) mass is 340 g/mol. The molecular weight excluding hydrogens is 308 g/mol.